The van der Waals surface area contributed by atoms with Gasteiger partial charge in [0.05, 0.1) is 45.0 Å². The second-order valence-corrected chi connectivity index (χ2v) is 12.8. The molecule has 12 nitrogen and oxygen atoms in total. The highest BCUT2D eigenvalue weighted by molar-refractivity contribution is 5.90. The zero-order valence-corrected chi connectivity index (χ0v) is 30.2. The molecule has 0 bridgehead atoms. The van der Waals surface area contributed by atoms with Crippen LogP contribution in [0.1, 0.15) is 41.3 Å². The Kier molecular flexibility index (Phi) is 10.8. The predicted molar refractivity (Wildman–Crippen MR) is 202 cm³/mol. The van der Waals surface area contributed by atoms with Gasteiger partial charge in [-0.15, -0.1) is 5.10 Å². The van der Waals surface area contributed by atoms with Crippen molar-refractivity contribution in [2.45, 2.75) is 32.9 Å². The van der Waals surface area contributed by atoms with E-state index in [9.17, 15) is 9.59 Å². The van der Waals surface area contributed by atoms with Crippen LogP contribution in [0.4, 0.5) is 0 Å². The maximum atomic E-state index is 14.4. The van der Waals surface area contributed by atoms with Gasteiger partial charge in [-0.05, 0) is 104 Å². The maximum Gasteiger partial charge on any atom is 0.338 e. The third kappa shape index (κ3) is 7.92. The summed E-state index contributed by atoms with van der Waals surface area (Å²) in [4.78, 5) is 34.2. The summed E-state index contributed by atoms with van der Waals surface area (Å²) in [6.45, 7) is 6.02. The van der Waals surface area contributed by atoms with Crippen molar-refractivity contribution in [2.75, 3.05) is 47.1 Å². The summed E-state index contributed by atoms with van der Waals surface area (Å²) in [6.07, 6.45) is 2.37. The van der Waals surface area contributed by atoms with Crippen molar-refractivity contribution >= 4 is 17.1 Å². The SMILES string of the molecule is CCOC(=O)c1ccc(-c2ccc(-c3nc4c(nnn4Cc4ccc(OC)cc4)c(=O)n3Cc3ccc(OC)cc3)c(OCCN3CCCC3)c2)cc1. The van der Waals surface area contributed by atoms with Crippen molar-refractivity contribution in [3.05, 3.63) is 118 Å². The minimum absolute atomic E-state index is 0.172. The third-order valence-corrected chi connectivity index (χ3v) is 9.43. The van der Waals surface area contributed by atoms with E-state index in [1.165, 1.54) is 12.8 Å². The average Bonchev–Trinajstić information content (AvgIpc) is 3.87. The van der Waals surface area contributed by atoms with Gasteiger partial charge in [0, 0.05) is 6.54 Å². The lowest BCUT2D eigenvalue weighted by molar-refractivity contribution is 0.0526. The number of likely N-dealkylation sites (tertiary alicyclic amines) is 1. The topological polar surface area (TPSA) is 123 Å². The van der Waals surface area contributed by atoms with E-state index in [1.807, 2.05) is 78.9 Å². The molecule has 0 aliphatic carbocycles. The van der Waals surface area contributed by atoms with Crippen LogP contribution < -0.4 is 19.8 Å². The molecular formula is C41H42N6O6. The second-order valence-electron chi connectivity index (χ2n) is 12.8. The van der Waals surface area contributed by atoms with Gasteiger partial charge in [0.15, 0.2) is 11.2 Å². The van der Waals surface area contributed by atoms with E-state index in [-0.39, 0.29) is 23.6 Å². The third-order valence-electron chi connectivity index (χ3n) is 9.43. The summed E-state index contributed by atoms with van der Waals surface area (Å²) in [6, 6.07) is 28.4. The normalized spacial score (nSPS) is 13.0. The molecule has 0 spiro atoms. The van der Waals surface area contributed by atoms with Crippen LogP contribution in [-0.2, 0) is 17.8 Å². The van der Waals surface area contributed by atoms with Gasteiger partial charge in [0.2, 0.25) is 0 Å². The van der Waals surface area contributed by atoms with Crippen molar-refractivity contribution in [3.63, 3.8) is 0 Å². The first-order valence-electron chi connectivity index (χ1n) is 17.8. The summed E-state index contributed by atoms with van der Waals surface area (Å²) in [5.74, 6) is 2.11. The van der Waals surface area contributed by atoms with Crippen LogP contribution in [0.5, 0.6) is 17.2 Å². The fourth-order valence-electron chi connectivity index (χ4n) is 6.53. The molecule has 2 aromatic heterocycles. The number of benzene rings is 4. The first-order chi connectivity index (χ1) is 25.9. The Bertz CT molecular complexity index is 2240. The Morgan fingerprint density at radius 3 is 2.08 bits per heavy atom. The monoisotopic (exact) mass is 714 g/mol. The zero-order chi connectivity index (χ0) is 36.7. The van der Waals surface area contributed by atoms with Crippen molar-refractivity contribution in [1.29, 1.82) is 0 Å². The Morgan fingerprint density at radius 1 is 0.792 bits per heavy atom. The minimum atomic E-state index is -0.364. The molecule has 6 aromatic rings. The van der Waals surface area contributed by atoms with Gasteiger partial charge < -0.3 is 18.9 Å². The molecule has 0 amide bonds. The first-order valence-corrected chi connectivity index (χ1v) is 17.8. The number of rotatable bonds is 14. The van der Waals surface area contributed by atoms with Crippen molar-refractivity contribution < 1.29 is 23.7 Å². The lowest BCUT2D eigenvalue weighted by Crippen LogP contribution is -2.26. The minimum Gasteiger partial charge on any atom is -0.497 e. The molecule has 53 heavy (non-hydrogen) atoms. The highest BCUT2D eigenvalue weighted by Gasteiger charge is 2.22. The Morgan fingerprint density at radius 2 is 1.43 bits per heavy atom. The lowest BCUT2D eigenvalue weighted by Gasteiger charge is -2.19. The number of ether oxygens (including phenoxy) is 4. The smallest absolute Gasteiger partial charge is 0.338 e. The van der Waals surface area contributed by atoms with Crippen LogP contribution in [0, 0.1) is 0 Å². The van der Waals surface area contributed by atoms with Gasteiger partial charge in [-0.2, -0.15) is 0 Å². The van der Waals surface area contributed by atoms with Crippen molar-refractivity contribution in [2.24, 2.45) is 0 Å². The van der Waals surface area contributed by atoms with Gasteiger partial charge in [-0.1, -0.05) is 47.7 Å². The molecule has 1 saturated heterocycles. The van der Waals surface area contributed by atoms with Crippen LogP contribution >= 0.6 is 0 Å². The van der Waals surface area contributed by atoms with E-state index < -0.39 is 0 Å². The molecule has 12 heteroatoms. The number of carbonyl (C=O) groups is 1. The molecule has 0 N–H and O–H groups in total. The number of fused-ring (bicyclic) bond motifs is 1. The van der Waals surface area contributed by atoms with E-state index in [4.69, 9.17) is 23.9 Å². The molecule has 1 aliphatic heterocycles. The summed E-state index contributed by atoms with van der Waals surface area (Å²) >= 11 is 0. The molecule has 1 aliphatic rings. The van der Waals surface area contributed by atoms with E-state index in [2.05, 4.69) is 15.2 Å². The van der Waals surface area contributed by atoms with Crippen molar-refractivity contribution in [3.8, 4) is 39.8 Å². The fourth-order valence-corrected chi connectivity index (χ4v) is 6.53. The highest BCUT2D eigenvalue weighted by Crippen LogP contribution is 2.35. The molecule has 272 valence electrons. The second kappa shape index (κ2) is 16.1. The number of hydrogen-bond acceptors (Lipinski definition) is 10. The lowest BCUT2D eigenvalue weighted by atomic mass is 10.0. The average molecular weight is 715 g/mol. The molecule has 1 fully saturated rings. The molecule has 0 saturated carbocycles. The van der Waals surface area contributed by atoms with Crippen LogP contribution in [-0.4, -0.2) is 82.5 Å². The number of methoxy groups -OCH3 is 2. The molecular weight excluding hydrogens is 672 g/mol. The standard InChI is InChI=1S/C41H42N6O6/c1-4-52-41(49)31-13-11-30(12-14-31)32-15-20-35(36(25-32)53-24-23-45-21-5-6-22-45)38-42-39-37(40(48)46(38)26-28-7-16-33(50-2)17-8-28)43-44-47(39)27-29-9-18-34(51-3)19-10-29/h7-20,25H,4-6,21-24,26-27H2,1-3H3. The maximum absolute atomic E-state index is 14.4. The molecule has 4 aromatic carbocycles. The molecule has 7 rings (SSSR count). The number of esters is 1. The molecule has 0 radical (unpaired) electrons. The largest absolute Gasteiger partial charge is 0.497 e. The predicted octanol–water partition coefficient (Wildman–Crippen LogP) is 6.09. The van der Waals surface area contributed by atoms with Crippen molar-refractivity contribution in [1.82, 2.24) is 29.4 Å². The summed E-state index contributed by atoms with van der Waals surface area (Å²) < 4.78 is 25.7. The van der Waals surface area contributed by atoms with Gasteiger partial charge >= 0.3 is 5.97 Å². The van der Waals surface area contributed by atoms with Gasteiger partial charge in [0.1, 0.15) is 29.7 Å². The fraction of sp³-hybridized carbons (Fsp3) is 0.293. The van der Waals surface area contributed by atoms with Crippen LogP contribution in [0.2, 0.25) is 0 Å². The Hall–Kier alpha value is -6.01. The van der Waals surface area contributed by atoms with E-state index in [1.54, 1.807) is 42.5 Å². The molecule has 3 heterocycles. The molecule has 0 atom stereocenters. The summed E-state index contributed by atoms with van der Waals surface area (Å²) in [7, 11) is 3.25. The summed E-state index contributed by atoms with van der Waals surface area (Å²) in [5, 5.41) is 8.69. The quantitative estimate of drug-likeness (QED) is 0.123. The van der Waals surface area contributed by atoms with Crippen LogP contribution in [0.15, 0.2) is 95.8 Å². The van der Waals surface area contributed by atoms with Gasteiger partial charge in [-0.3, -0.25) is 14.3 Å². The number of nitrogens with zero attached hydrogens (tertiary/aromatic N) is 6. The number of hydrogen-bond donors (Lipinski definition) is 0. The van der Waals surface area contributed by atoms with E-state index in [0.717, 1.165) is 53.4 Å². The Balaban J connectivity index is 1.33. The zero-order valence-electron chi connectivity index (χ0n) is 30.2. The number of aromatic nitrogens is 5. The van der Waals surface area contributed by atoms with Gasteiger partial charge in [-0.25, -0.2) is 14.5 Å². The van der Waals surface area contributed by atoms with Gasteiger partial charge in [0.25, 0.3) is 5.56 Å². The highest BCUT2D eigenvalue weighted by atomic mass is 16.5. The number of carbonyl (C=O) groups excluding carboxylic acids is 1. The first kappa shape index (κ1) is 35.4. The summed E-state index contributed by atoms with van der Waals surface area (Å²) in [5.41, 5.74) is 4.98. The van der Waals surface area contributed by atoms with E-state index >= 15 is 0 Å². The van der Waals surface area contributed by atoms with Crippen LogP contribution in [0.25, 0.3) is 33.7 Å². The van der Waals surface area contributed by atoms with Crippen LogP contribution in [0.3, 0.4) is 0 Å². The van der Waals surface area contributed by atoms with E-state index in [0.29, 0.717) is 48.1 Å². The Labute approximate surface area is 307 Å². The molecule has 0 unspecified atom stereocenters.